The fourth-order valence-corrected chi connectivity index (χ4v) is 4.60. The molecule has 1 atom stereocenters. The van der Waals surface area contributed by atoms with Crippen LogP contribution in [0.15, 0.2) is 0 Å². The number of carbonyl (C=O) groups is 1. The molecule has 0 spiro atoms. The first-order valence-electron chi connectivity index (χ1n) is 7.28. The van der Waals surface area contributed by atoms with E-state index in [1.165, 1.54) is 7.11 Å². The monoisotopic (exact) mass is 314 g/mol. The van der Waals surface area contributed by atoms with Crippen LogP contribution in [0.3, 0.4) is 0 Å². The van der Waals surface area contributed by atoms with E-state index in [0.717, 1.165) is 23.4 Å². The van der Waals surface area contributed by atoms with Gasteiger partial charge in [-0.1, -0.05) is 13.8 Å². The number of methoxy groups -OCH3 is 1. The van der Waals surface area contributed by atoms with Gasteiger partial charge in [0.25, 0.3) is 0 Å². The lowest BCUT2D eigenvalue weighted by atomic mass is 10.1. The lowest BCUT2D eigenvalue weighted by molar-refractivity contribution is -0.139. The summed E-state index contributed by atoms with van der Waals surface area (Å²) in [6.07, 6.45) is 2.22. The van der Waals surface area contributed by atoms with Crippen molar-refractivity contribution in [2.75, 3.05) is 18.6 Å². The Hall–Kier alpha value is -1.37. The van der Waals surface area contributed by atoms with Gasteiger partial charge in [0.05, 0.1) is 36.8 Å². The van der Waals surface area contributed by atoms with E-state index >= 15 is 0 Å². The Morgan fingerprint density at radius 2 is 2.10 bits per heavy atom. The summed E-state index contributed by atoms with van der Waals surface area (Å²) in [6, 6.07) is -0.110. The van der Waals surface area contributed by atoms with Crippen LogP contribution in [0, 0.1) is 0 Å². The molecule has 1 aliphatic heterocycles. The summed E-state index contributed by atoms with van der Waals surface area (Å²) in [4.78, 5) is 11.6. The zero-order valence-corrected chi connectivity index (χ0v) is 13.6. The van der Waals surface area contributed by atoms with Crippen LogP contribution in [0.1, 0.15) is 43.3 Å². The van der Waals surface area contributed by atoms with Gasteiger partial charge in [0.15, 0.2) is 9.84 Å². The summed E-state index contributed by atoms with van der Waals surface area (Å²) in [7, 11) is -1.59. The number of rotatable bonds is 5. The highest BCUT2D eigenvalue weighted by molar-refractivity contribution is 7.91. The van der Waals surface area contributed by atoms with Crippen LogP contribution in [-0.2, 0) is 38.6 Å². The molecule has 2 heterocycles. The van der Waals surface area contributed by atoms with Gasteiger partial charge in [-0.05, 0) is 19.3 Å². The molecule has 0 N–H and O–H groups in total. The summed E-state index contributed by atoms with van der Waals surface area (Å²) >= 11 is 0. The molecule has 6 nitrogen and oxygen atoms in total. The molecule has 1 saturated heterocycles. The number of carbonyl (C=O) groups excluding carboxylic acids is 1. The molecule has 0 aliphatic carbocycles. The van der Waals surface area contributed by atoms with Crippen molar-refractivity contribution < 1.29 is 17.9 Å². The van der Waals surface area contributed by atoms with E-state index in [4.69, 9.17) is 4.74 Å². The van der Waals surface area contributed by atoms with Crippen LogP contribution < -0.4 is 0 Å². The van der Waals surface area contributed by atoms with Gasteiger partial charge in [-0.3, -0.25) is 9.48 Å². The molecule has 7 heteroatoms. The van der Waals surface area contributed by atoms with Crippen LogP contribution in [0.2, 0.25) is 0 Å². The zero-order chi connectivity index (χ0) is 15.6. The Kier molecular flexibility index (Phi) is 4.70. The van der Waals surface area contributed by atoms with E-state index in [0.29, 0.717) is 12.8 Å². The molecule has 1 fully saturated rings. The molecule has 0 radical (unpaired) electrons. The first-order valence-corrected chi connectivity index (χ1v) is 9.10. The number of nitrogens with zero attached hydrogens (tertiary/aromatic N) is 2. The third-order valence-electron chi connectivity index (χ3n) is 3.97. The molecule has 1 aliphatic rings. The fraction of sp³-hybridized carbons (Fsp3) is 0.714. The smallest absolute Gasteiger partial charge is 0.310 e. The van der Waals surface area contributed by atoms with Crippen LogP contribution in [0.5, 0.6) is 0 Å². The quantitative estimate of drug-likeness (QED) is 0.760. The topological polar surface area (TPSA) is 78.3 Å². The summed E-state index contributed by atoms with van der Waals surface area (Å²) < 4.78 is 30.0. The Labute approximate surface area is 125 Å². The fourth-order valence-electron chi connectivity index (χ4n) is 2.91. The molecule has 21 heavy (non-hydrogen) atoms. The first kappa shape index (κ1) is 16.0. The van der Waals surface area contributed by atoms with Crippen molar-refractivity contribution in [3.63, 3.8) is 0 Å². The zero-order valence-electron chi connectivity index (χ0n) is 12.8. The average molecular weight is 314 g/mol. The van der Waals surface area contributed by atoms with E-state index in [1.54, 1.807) is 0 Å². The predicted molar refractivity (Wildman–Crippen MR) is 79.0 cm³/mol. The van der Waals surface area contributed by atoms with Gasteiger partial charge in [0.2, 0.25) is 0 Å². The number of hydrogen-bond acceptors (Lipinski definition) is 5. The summed E-state index contributed by atoms with van der Waals surface area (Å²) in [5, 5.41) is 4.58. The average Bonchev–Trinajstić information content (AvgIpc) is 2.98. The number of hydrogen-bond donors (Lipinski definition) is 0. The van der Waals surface area contributed by atoms with E-state index in [1.807, 2.05) is 18.5 Å². The molecule has 0 aromatic carbocycles. The number of aryl methyl sites for hydroxylation is 1. The lowest BCUT2D eigenvalue weighted by Gasteiger charge is -2.13. The minimum Gasteiger partial charge on any atom is -0.469 e. The number of aromatic nitrogens is 2. The SMILES string of the molecule is CCc1nn(C2CCS(=O)(=O)C2)c(CC)c1CC(=O)OC. The molecule has 0 saturated carbocycles. The number of ether oxygens (including phenoxy) is 1. The highest BCUT2D eigenvalue weighted by atomic mass is 32.2. The maximum atomic E-state index is 11.7. The normalized spacial score (nSPS) is 20.6. The molecular weight excluding hydrogens is 292 g/mol. The van der Waals surface area contributed by atoms with Crippen LogP contribution in [0.25, 0.3) is 0 Å². The highest BCUT2D eigenvalue weighted by Gasteiger charge is 2.32. The third kappa shape index (κ3) is 3.28. The predicted octanol–water partition coefficient (Wildman–Crippen LogP) is 1.08. The van der Waals surface area contributed by atoms with Crippen LogP contribution in [-0.4, -0.2) is 42.8 Å². The van der Waals surface area contributed by atoms with Crippen LogP contribution in [0.4, 0.5) is 0 Å². The van der Waals surface area contributed by atoms with Crippen molar-refractivity contribution >= 4 is 15.8 Å². The van der Waals surface area contributed by atoms with Crippen molar-refractivity contribution in [1.29, 1.82) is 0 Å². The minimum atomic E-state index is -2.96. The lowest BCUT2D eigenvalue weighted by Crippen LogP contribution is -2.16. The summed E-state index contributed by atoms with van der Waals surface area (Å²) in [6.45, 7) is 3.98. The summed E-state index contributed by atoms with van der Waals surface area (Å²) in [5.41, 5.74) is 2.72. The Morgan fingerprint density at radius 3 is 2.57 bits per heavy atom. The Balaban J connectivity index is 2.40. The highest BCUT2D eigenvalue weighted by Crippen LogP contribution is 2.28. The van der Waals surface area contributed by atoms with Gasteiger partial charge in [0.1, 0.15) is 0 Å². The van der Waals surface area contributed by atoms with Gasteiger partial charge in [-0.25, -0.2) is 8.42 Å². The summed E-state index contributed by atoms with van der Waals surface area (Å²) in [5.74, 6) is 0.0646. The number of esters is 1. The molecular formula is C14H22N2O4S. The molecule has 118 valence electrons. The van der Waals surface area contributed by atoms with E-state index in [9.17, 15) is 13.2 Å². The molecule has 0 amide bonds. The second-order valence-corrected chi connectivity index (χ2v) is 7.56. The van der Waals surface area contributed by atoms with E-state index in [-0.39, 0.29) is 29.9 Å². The number of sulfone groups is 1. The Morgan fingerprint density at radius 1 is 1.38 bits per heavy atom. The van der Waals surface area contributed by atoms with E-state index in [2.05, 4.69) is 5.10 Å². The largest absolute Gasteiger partial charge is 0.469 e. The van der Waals surface area contributed by atoms with Crippen molar-refractivity contribution in [3.8, 4) is 0 Å². The second kappa shape index (κ2) is 6.17. The van der Waals surface area contributed by atoms with Gasteiger partial charge < -0.3 is 4.74 Å². The second-order valence-electron chi connectivity index (χ2n) is 5.33. The maximum Gasteiger partial charge on any atom is 0.310 e. The molecule has 1 aromatic heterocycles. The van der Waals surface area contributed by atoms with Crippen molar-refractivity contribution in [3.05, 3.63) is 17.0 Å². The third-order valence-corrected chi connectivity index (χ3v) is 5.72. The van der Waals surface area contributed by atoms with Crippen molar-refractivity contribution in [2.24, 2.45) is 0 Å². The molecule has 0 bridgehead atoms. The Bertz CT molecular complexity index is 634. The molecule has 2 rings (SSSR count). The maximum absolute atomic E-state index is 11.7. The van der Waals surface area contributed by atoms with Gasteiger partial charge in [0, 0.05) is 11.3 Å². The van der Waals surface area contributed by atoms with Gasteiger partial charge in [-0.15, -0.1) is 0 Å². The van der Waals surface area contributed by atoms with Gasteiger partial charge >= 0.3 is 5.97 Å². The molecule has 1 aromatic rings. The minimum absolute atomic E-state index is 0.110. The standard InChI is InChI=1S/C14H22N2O4S/c1-4-12-11(8-14(17)20-3)13(5-2)16(15-12)10-6-7-21(18,19)9-10/h10H,4-9H2,1-3H3. The van der Waals surface area contributed by atoms with Crippen LogP contribution >= 0.6 is 0 Å². The van der Waals surface area contributed by atoms with Crippen molar-refractivity contribution in [1.82, 2.24) is 9.78 Å². The van der Waals surface area contributed by atoms with E-state index < -0.39 is 9.84 Å². The molecule has 1 unspecified atom stereocenters. The van der Waals surface area contributed by atoms with Gasteiger partial charge in [-0.2, -0.15) is 5.10 Å². The first-order chi connectivity index (χ1) is 9.91. The van der Waals surface area contributed by atoms with Crippen molar-refractivity contribution in [2.45, 2.75) is 45.6 Å².